The highest BCUT2D eigenvalue weighted by atomic mass is 32.1. The van der Waals surface area contributed by atoms with Gasteiger partial charge in [0, 0.05) is 25.4 Å². The van der Waals surface area contributed by atoms with E-state index >= 15 is 0 Å². The molecule has 170 valence electrons. The number of thiazole rings is 1. The number of hydrogen-bond donors (Lipinski definition) is 0. The summed E-state index contributed by atoms with van der Waals surface area (Å²) in [4.78, 5) is 22.7. The van der Waals surface area contributed by atoms with Gasteiger partial charge in [0.1, 0.15) is 0 Å². The smallest absolute Gasteiger partial charge is 0.229 e. The summed E-state index contributed by atoms with van der Waals surface area (Å²) < 4.78 is 1.15. The Morgan fingerprint density at radius 1 is 0.909 bits per heavy atom. The summed E-state index contributed by atoms with van der Waals surface area (Å²) in [6, 6.07) is 24.9. The molecule has 0 bridgehead atoms. The van der Waals surface area contributed by atoms with Gasteiger partial charge < -0.3 is 4.90 Å². The van der Waals surface area contributed by atoms with Crippen molar-refractivity contribution < 1.29 is 4.79 Å². The summed E-state index contributed by atoms with van der Waals surface area (Å²) in [7, 11) is 4.07. The molecule has 1 aromatic heterocycles. The van der Waals surface area contributed by atoms with Crippen LogP contribution >= 0.6 is 11.3 Å². The molecule has 4 aromatic rings. The molecule has 0 spiro atoms. The van der Waals surface area contributed by atoms with Crippen molar-refractivity contribution in [2.45, 2.75) is 26.2 Å². The van der Waals surface area contributed by atoms with Gasteiger partial charge in [-0.05, 0) is 56.3 Å². The summed E-state index contributed by atoms with van der Waals surface area (Å²) in [5.74, 6) is 0.100. The lowest BCUT2D eigenvalue weighted by molar-refractivity contribution is -0.118. The van der Waals surface area contributed by atoms with Crippen molar-refractivity contribution in [3.05, 3.63) is 95.1 Å². The van der Waals surface area contributed by atoms with Crippen molar-refractivity contribution in [2.75, 3.05) is 32.1 Å². The quantitative estimate of drug-likeness (QED) is 0.324. The van der Waals surface area contributed by atoms with Crippen LogP contribution in [0, 0.1) is 13.8 Å². The Bertz CT molecular complexity index is 1180. The second kappa shape index (κ2) is 10.3. The van der Waals surface area contributed by atoms with Gasteiger partial charge in [0.2, 0.25) is 5.91 Å². The summed E-state index contributed by atoms with van der Waals surface area (Å²) >= 11 is 1.61. The molecular formula is C28H31N3OS. The fourth-order valence-corrected chi connectivity index (χ4v) is 5.25. The molecule has 5 heteroatoms. The van der Waals surface area contributed by atoms with Crippen LogP contribution in [0.2, 0.25) is 0 Å². The minimum Gasteiger partial charge on any atom is -0.308 e. The van der Waals surface area contributed by atoms with Crippen LogP contribution < -0.4 is 4.90 Å². The first-order chi connectivity index (χ1) is 15.9. The normalized spacial score (nSPS) is 11.5. The maximum Gasteiger partial charge on any atom is 0.229 e. The van der Waals surface area contributed by atoms with Crippen LogP contribution in [-0.2, 0) is 4.79 Å². The summed E-state index contributed by atoms with van der Waals surface area (Å²) in [6.45, 7) is 5.59. The van der Waals surface area contributed by atoms with E-state index in [-0.39, 0.29) is 11.8 Å². The highest BCUT2D eigenvalue weighted by Crippen LogP contribution is 2.34. The van der Waals surface area contributed by atoms with Crippen LogP contribution in [0.1, 0.15) is 34.6 Å². The molecule has 3 aromatic carbocycles. The lowest BCUT2D eigenvalue weighted by atomic mass is 9.88. The molecule has 0 fully saturated rings. The molecule has 1 amide bonds. The van der Waals surface area contributed by atoms with Crippen LogP contribution in [0.15, 0.2) is 72.8 Å². The number of rotatable bonds is 8. The number of anilines is 1. The van der Waals surface area contributed by atoms with Crippen molar-refractivity contribution in [2.24, 2.45) is 0 Å². The molecule has 0 unspecified atom stereocenters. The van der Waals surface area contributed by atoms with Crippen LogP contribution in [0.3, 0.4) is 0 Å². The third-order valence-electron chi connectivity index (χ3n) is 5.89. The number of carbonyl (C=O) groups excluding carboxylic acids is 1. The number of fused-ring (bicyclic) bond motifs is 1. The molecule has 0 aliphatic heterocycles. The molecule has 1 heterocycles. The molecule has 0 aliphatic rings. The summed E-state index contributed by atoms with van der Waals surface area (Å²) in [5, 5.41) is 0.783. The lowest BCUT2D eigenvalue weighted by Gasteiger charge is -2.25. The first-order valence-electron chi connectivity index (χ1n) is 11.3. The zero-order chi connectivity index (χ0) is 23.4. The zero-order valence-electron chi connectivity index (χ0n) is 19.8. The largest absolute Gasteiger partial charge is 0.308 e. The maximum atomic E-state index is 13.8. The van der Waals surface area contributed by atoms with Gasteiger partial charge in [0.15, 0.2) is 5.13 Å². The highest BCUT2D eigenvalue weighted by molar-refractivity contribution is 7.22. The van der Waals surface area contributed by atoms with E-state index in [1.54, 1.807) is 11.3 Å². The predicted octanol–water partition coefficient (Wildman–Crippen LogP) is 6.03. The number of nitrogens with zero attached hydrogens (tertiary/aromatic N) is 3. The second-order valence-electron chi connectivity index (χ2n) is 8.85. The molecule has 0 aliphatic carbocycles. The van der Waals surface area contributed by atoms with Gasteiger partial charge in [-0.15, -0.1) is 0 Å². The third-order valence-corrected chi connectivity index (χ3v) is 7.12. The van der Waals surface area contributed by atoms with Crippen molar-refractivity contribution in [1.82, 2.24) is 9.88 Å². The molecule has 0 N–H and O–H groups in total. The van der Waals surface area contributed by atoms with E-state index in [0.29, 0.717) is 13.0 Å². The van der Waals surface area contributed by atoms with E-state index in [4.69, 9.17) is 4.98 Å². The molecule has 4 nitrogen and oxygen atoms in total. The average molecular weight is 458 g/mol. The summed E-state index contributed by atoms with van der Waals surface area (Å²) in [6.07, 6.45) is 0.398. The lowest BCUT2D eigenvalue weighted by Crippen LogP contribution is -2.37. The Hall–Kier alpha value is -3.02. The van der Waals surface area contributed by atoms with E-state index in [1.165, 1.54) is 11.1 Å². The number of hydrogen-bond acceptors (Lipinski definition) is 4. The molecule has 4 rings (SSSR count). The Kier molecular flexibility index (Phi) is 7.21. The van der Waals surface area contributed by atoms with E-state index < -0.39 is 0 Å². The minimum atomic E-state index is 0.000107. The molecular weight excluding hydrogens is 426 g/mol. The maximum absolute atomic E-state index is 13.8. The van der Waals surface area contributed by atoms with Crippen LogP contribution in [0.25, 0.3) is 10.2 Å². The predicted molar refractivity (Wildman–Crippen MR) is 139 cm³/mol. The third kappa shape index (κ3) is 5.49. The first kappa shape index (κ1) is 23.1. The van der Waals surface area contributed by atoms with Crippen molar-refractivity contribution in [3.63, 3.8) is 0 Å². The fraction of sp³-hybridized carbons (Fsp3) is 0.286. The van der Waals surface area contributed by atoms with E-state index in [1.807, 2.05) is 55.4 Å². The van der Waals surface area contributed by atoms with Gasteiger partial charge in [-0.1, -0.05) is 78.1 Å². The number of amides is 1. The van der Waals surface area contributed by atoms with Gasteiger partial charge in [-0.2, -0.15) is 0 Å². The van der Waals surface area contributed by atoms with Crippen LogP contribution in [0.5, 0.6) is 0 Å². The monoisotopic (exact) mass is 457 g/mol. The van der Waals surface area contributed by atoms with Gasteiger partial charge in [0.05, 0.1) is 10.2 Å². The Morgan fingerprint density at radius 3 is 2.09 bits per heavy atom. The molecule has 33 heavy (non-hydrogen) atoms. The van der Waals surface area contributed by atoms with Crippen molar-refractivity contribution in [3.8, 4) is 0 Å². The number of carbonyl (C=O) groups is 1. The topological polar surface area (TPSA) is 36.4 Å². The average Bonchev–Trinajstić information content (AvgIpc) is 3.22. The Morgan fingerprint density at radius 2 is 1.52 bits per heavy atom. The van der Waals surface area contributed by atoms with E-state index in [2.05, 4.69) is 55.1 Å². The highest BCUT2D eigenvalue weighted by Gasteiger charge is 2.25. The first-order valence-corrected chi connectivity index (χ1v) is 12.2. The van der Waals surface area contributed by atoms with E-state index in [9.17, 15) is 4.79 Å². The standard InChI is InChI=1S/C28H31N3OS/c1-20-17-21(2)27-25(18-20)29-28(33-27)31(16-15-30(3)4)26(32)19-24(22-11-7-5-8-12-22)23-13-9-6-10-14-23/h5-14,17-18,24H,15-16,19H2,1-4H3. The number of aromatic nitrogens is 1. The fourth-order valence-electron chi connectivity index (χ4n) is 4.19. The molecule has 0 saturated carbocycles. The van der Waals surface area contributed by atoms with Gasteiger partial charge in [0.25, 0.3) is 0 Å². The molecule has 0 radical (unpaired) electrons. The van der Waals surface area contributed by atoms with Crippen molar-refractivity contribution >= 4 is 32.6 Å². The van der Waals surface area contributed by atoms with Crippen LogP contribution in [0.4, 0.5) is 5.13 Å². The second-order valence-corrected chi connectivity index (χ2v) is 9.83. The molecule has 0 atom stereocenters. The zero-order valence-corrected chi connectivity index (χ0v) is 20.6. The molecule has 0 saturated heterocycles. The SMILES string of the molecule is Cc1cc(C)c2sc(N(CCN(C)C)C(=O)CC(c3ccccc3)c3ccccc3)nc2c1. The Balaban J connectivity index is 1.69. The van der Waals surface area contributed by atoms with Gasteiger partial charge in [-0.3, -0.25) is 9.69 Å². The summed E-state index contributed by atoms with van der Waals surface area (Å²) in [5.41, 5.74) is 5.68. The van der Waals surface area contributed by atoms with Crippen molar-refractivity contribution in [1.29, 1.82) is 0 Å². The Labute approximate surface area is 200 Å². The number of aryl methyl sites for hydroxylation is 2. The van der Waals surface area contributed by atoms with Gasteiger partial charge >= 0.3 is 0 Å². The van der Waals surface area contributed by atoms with E-state index in [0.717, 1.165) is 33.0 Å². The number of benzene rings is 3. The minimum absolute atomic E-state index is 0.000107. The van der Waals surface area contributed by atoms with Crippen LogP contribution in [-0.4, -0.2) is 43.0 Å². The van der Waals surface area contributed by atoms with Gasteiger partial charge in [-0.25, -0.2) is 4.98 Å². The number of likely N-dealkylation sites (N-methyl/N-ethyl adjacent to an activating group) is 1.